The molecule has 4 heterocycles. The van der Waals surface area contributed by atoms with Crippen LogP contribution in [0.4, 0.5) is 11.8 Å². The third kappa shape index (κ3) is 5.47. The number of piperidine rings is 1. The van der Waals surface area contributed by atoms with Gasteiger partial charge in [-0.25, -0.2) is 4.98 Å². The standard InChI is InChI=1S/C26H35ClN6O/c27-23-8-4-3-7-22(23)25(34)32-17-11-21(12-18-32)33-16-10-20(19-33)29-26-28-13-9-24(30-26)31-14-5-1-2-6-15-31/h3-4,7-9,13,20-21H,1-2,5-6,10-12,14-19H2,(H,28,29,30). The maximum absolute atomic E-state index is 12.9. The maximum atomic E-state index is 12.9. The SMILES string of the molecule is O=C(c1ccccc1Cl)N1CCC(N2CCC(Nc3nccc(N4CCCCCC4)n3)C2)CC1. The molecule has 0 bridgehead atoms. The molecular formula is C26H35ClN6O. The molecule has 3 fully saturated rings. The molecular weight excluding hydrogens is 448 g/mol. The lowest BCUT2D eigenvalue weighted by atomic mass is 10.0. The van der Waals surface area contributed by atoms with Crippen molar-refractivity contribution < 1.29 is 4.79 Å². The molecule has 3 aliphatic heterocycles. The van der Waals surface area contributed by atoms with Crippen LogP contribution in [-0.2, 0) is 0 Å². The minimum absolute atomic E-state index is 0.0476. The number of nitrogens with zero attached hydrogens (tertiary/aromatic N) is 5. The number of anilines is 2. The molecule has 1 unspecified atom stereocenters. The Morgan fingerprint density at radius 3 is 2.47 bits per heavy atom. The van der Waals surface area contributed by atoms with Crippen molar-refractivity contribution in [3.05, 3.63) is 47.1 Å². The van der Waals surface area contributed by atoms with Gasteiger partial charge in [0.15, 0.2) is 0 Å². The lowest BCUT2D eigenvalue weighted by molar-refractivity contribution is 0.0644. The summed E-state index contributed by atoms with van der Waals surface area (Å²) in [4.78, 5) is 29.1. The van der Waals surface area contributed by atoms with Gasteiger partial charge in [-0.2, -0.15) is 4.98 Å². The lowest BCUT2D eigenvalue weighted by Crippen LogP contribution is -2.46. The van der Waals surface area contributed by atoms with E-state index in [2.05, 4.69) is 20.1 Å². The molecule has 0 radical (unpaired) electrons. The highest BCUT2D eigenvalue weighted by molar-refractivity contribution is 6.33. The van der Waals surface area contributed by atoms with Crippen LogP contribution >= 0.6 is 11.6 Å². The van der Waals surface area contributed by atoms with E-state index in [0.717, 1.165) is 70.3 Å². The first-order valence-corrected chi connectivity index (χ1v) is 13.2. The molecule has 1 amide bonds. The Labute approximate surface area is 207 Å². The van der Waals surface area contributed by atoms with Crippen molar-refractivity contribution in [1.29, 1.82) is 0 Å². The van der Waals surface area contributed by atoms with E-state index in [1.54, 1.807) is 6.07 Å². The Morgan fingerprint density at radius 1 is 0.941 bits per heavy atom. The molecule has 1 aromatic carbocycles. The van der Waals surface area contributed by atoms with Gasteiger partial charge in [0.2, 0.25) is 5.95 Å². The smallest absolute Gasteiger partial charge is 0.255 e. The Bertz CT molecular complexity index is 971. The molecule has 0 aliphatic carbocycles. The summed E-state index contributed by atoms with van der Waals surface area (Å²) in [6, 6.07) is 10.3. The fourth-order valence-electron chi connectivity index (χ4n) is 5.55. The van der Waals surface area contributed by atoms with Crippen molar-refractivity contribution in [1.82, 2.24) is 19.8 Å². The number of halogens is 1. The van der Waals surface area contributed by atoms with E-state index in [4.69, 9.17) is 16.6 Å². The molecule has 3 saturated heterocycles. The minimum atomic E-state index is 0.0476. The Kier molecular flexibility index (Phi) is 7.50. The molecule has 1 N–H and O–H groups in total. The topological polar surface area (TPSA) is 64.6 Å². The first-order valence-electron chi connectivity index (χ1n) is 12.8. The van der Waals surface area contributed by atoms with Crippen molar-refractivity contribution in [3.8, 4) is 0 Å². The van der Waals surface area contributed by atoms with Crippen molar-refractivity contribution in [2.45, 2.75) is 57.0 Å². The summed E-state index contributed by atoms with van der Waals surface area (Å²) in [7, 11) is 0. The van der Waals surface area contributed by atoms with E-state index in [-0.39, 0.29) is 5.91 Å². The zero-order valence-corrected chi connectivity index (χ0v) is 20.6. The highest BCUT2D eigenvalue weighted by Gasteiger charge is 2.32. The Morgan fingerprint density at radius 2 is 1.71 bits per heavy atom. The quantitative estimate of drug-likeness (QED) is 0.685. The Hall–Kier alpha value is -2.38. The summed E-state index contributed by atoms with van der Waals surface area (Å²) in [5.41, 5.74) is 0.607. The predicted molar refractivity (Wildman–Crippen MR) is 137 cm³/mol. The van der Waals surface area contributed by atoms with Crippen LogP contribution in [0, 0.1) is 0 Å². The average Bonchev–Trinajstić information content (AvgIpc) is 3.16. The lowest BCUT2D eigenvalue weighted by Gasteiger charge is -2.37. The van der Waals surface area contributed by atoms with Gasteiger partial charge in [-0.15, -0.1) is 0 Å². The van der Waals surface area contributed by atoms with E-state index in [1.165, 1.54) is 25.7 Å². The van der Waals surface area contributed by atoms with Gasteiger partial charge in [-0.05, 0) is 50.3 Å². The van der Waals surface area contributed by atoms with Gasteiger partial charge in [0, 0.05) is 57.5 Å². The van der Waals surface area contributed by atoms with Crippen LogP contribution in [0.15, 0.2) is 36.5 Å². The third-order valence-electron chi connectivity index (χ3n) is 7.50. The molecule has 3 aliphatic rings. The van der Waals surface area contributed by atoms with E-state index >= 15 is 0 Å². The first-order chi connectivity index (χ1) is 16.7. The number of likely N-dealkylation sites (tertiary alicyclic amines) is 2. The molecule has 1 atom stereocenters. The van der Waals surface area contributed by atoms with Crippen molar-refractivity contribution >= 4 is 29.3 Å². The van der Waals surface area contributed by atoms with Gasteiger partial charge in [-0.3, -0.25) is 9.69 Å². The maximum Gasteiger partial charge on any atom is 0.255 e. The van der Waals surface area contributed by atoms with Crippen LogP contribution in [0.1, 0.15) is 55.3 Å². The predicted octanol–water partition coefficient (Wildman–Crippen LogP) is 4.30. The molecule has 0 spiro atoms. The summed E-state index contributed by atoms with van der Waals surface area (Å²) in [6.45, 7) is 5.82. The summed E-state index contributed by atoms with van der Waals surface area (Å²) in [5.74, 6) is 1.84. The van der Waals surface area contributed by atoms with E-state index in [1.807, 2.05) is 35.4 Å². The highest BCUT2D eigenvalue weighted by atomic mass is 35.5. The second kappa shape index (κ2) is 10.9. The summed E-state index contributed by atoms with van der Waals surface area (Å²) in [6.07, 6.45) is 10.1. The van der Waals surface area contributed by atoms with Crippen LogP contribution < -0.4 is 10.2 Å². The van der Waals surface area contributed by atoms with Gasteiger partial charge in [0.05, 0.1) is 10.6 Å². The zero-order chi connectivity index (χ0) is 23.3. The number of aromatic nitrogens is 2. The average molecular weight is 483 g/mol. The second-order valence-electron chi connectivity index (χ2n) is 9.77. The zero-order valence-electron chi connectivity index (χ0n) is 19.8. The number of hydrogen-bond acceptors (Lipinski definition) is 6. The Balaban J connectivity index is 1.12. The number of hydrogen-bond donors (Lipinski definition) is 1. The van der Waals surface area contributed by atoms with Gasteiger partial charge < -0.3 is 15.1 Å². The molecule has 0 saturated carbocycles. The van der Waals surface area contributed by atoms with Gasteiger partial charge in [-0.1, -0.05) is 36.6 Å². The van der Waals surface area contributed by atoms with Crippen LogP contribution in [-0.4, -0.2) is 77.0 Å². The van der Waals surface area contributed by atoms with E-state index < -0.39 is 0 Å². The fourth-order valence-corrected chi connectivity index (χ4v) is 5.77. The second-order valence-corrected chi connectivity index (χ2v) is 10.2. The molecule has 182 valence electrons. The molecule has 7 nitrogen and oxygen atoms in total. The molecule has 34 heavy (non-hydrogen) atoms. The number of nitrogens with one attached hydrogen (secondary N) is 1. The van der Waals surface area contributed by atoms with Crippen LogP contribution in [0.25, 0.3) is 0 Å². The monoisotopic (exact) mass is 482 g/mol. The normalized spacial score (nSPS) is 22.6. The molecule has 8 heteroatoms. The van der Waals surface area contributed by atoms with Gasteiger partial charge >= 0.3 is 0 Å². The number of amides is 1. The number of benzene rings is 1. The minimum Gasteiger partial charge on any atom is -0.356 e. The van der Waals surface area contributed by atoms with Crippen LogP contribution in [0.2, 0.25) is 5.02 Å². The van der Waals surface area contributed by atoms with Gasteiger partial charge in [0.1, 0.15) is 5.82 Å². The highest BCUT2D eigenvalue weighted by Crippen LogP contribution is 2.25. The molecule has 5 rings (SSSR count). The van der Waals surface area contributed by atoms with Crippen molar-refractivity contribution in [2.24, 2.45) is 0 Å². The summed E-state index contributed by atoms with van der Waals surface area (Å²) in [5, 5.41) is 4.12. The summed E-state index contributed by atoms with van der Waals surface area (Å²) < 4.78 is 0. The third-order valence-corrected chi connectivity index (χ3v) is 7.83. The first kappa shape index (κ1) is 23.4. The summed E-state index contributed by atoms with van der Waals surface area (Å²) >= 11 is 6.24. The van der Waals surface area contributed by atoms with Crippen LogP contribution in [0.5, 0.6) is 0 Å². The largest absolute Gasteiger partial charge is 0.356 e. The number of rotatable bonds is 5. The number of carbonyl (C=O) groups is 1. The van der Waals surface area contributed by atoms with Crippen molar-refractivity contribution in [3.63, 3.8) is 0 Å². The van der Waals surface area contributed by atoms with Gasteiger partial charge in [0.25, 0.3) is 5.91 Å². The van der Waals surface area contributed by atoms with Crippen LogP contribution in [0.3, 0.4) is 0 Å². The van der Waals surface area contributed by atoms with E-state index in [9.17, 15) is 4.79 Å². The molecule has 2 aromatic rings. The van der Waals surface area contributed by atoms with E-state index in [0.29, 0.717) is 22.7 Å². The van der Waals surface area contributed by atoms with Crippen molar-refractivity contribution in [2.75, 3.05) is 49.5 Å². The fraction of sp³-hybridized carbons (Fsp3) is 0.577. The molecule has 1 aromatic heterocycles. The number of carbonyl (C=O) groups excluding carboxylic acids is 1.